The molecule has 2 aliphatic heterocycles. The molecule has 1 unspecified atom stereocenters. The van der Waals surface area contributed by atoms with Crippen LogP contribution in [0.5, 0.6) is 0 Å². The minimum atomic E-state index is -3.11. The minimum Gasteiger partial charge on any atom is -0.460 e. The number of hydrogen-bond acceptors (Lipinski definition) is 9. The molecule has 2 saturated heterocycles. The Balaban J connectivity index is 1.81. The average Bonchev–Trinajstić information content (AvgIpc) is 2.91. The van der Waals surface area contributed by atoms with Gasteiger partial charge in [-0.25, -0.2) is 13.2 Å². The number of rotatable bonds is 3. The first-order chi connectivity index (χ1) is 12.7. The van der Waals surface area contributed by atoms with Crippen molar-refractivity contribution in [3.8, 4) is 0 Å². The zero-order chi connectivity index (χ0) is 19.8. The predicted molar refractivity (Wildman–Crippen MR) is 96.0 cm³/mol. The molecular formula is C14H19N3O8S2. The van der Waals surface area contributed by atoms with Gasteiger partial charge in [0.2, 0.25) is 0 Å². The van der Waals surface area contributed by atoms with Crippen LogP contribution >= 0.6 is 12.2 Å². The van der Waals surface area contributed by atoms with Crippen LogP contribution in [0.15, 0.2) is 21.9 Å². The van der Waals surface area contributed by atoms with Gasteiger partial charge in [0.1, 0.15) is 12.2 Å². The van der Waals surface area contributed by atoms with E-state index in [9.17, 15) is 28.2 Å². The zero-order valence-electron chi connectivity index (χ0n) is 14.1. The summed E-state index contributed by atoms with van der Waals surface area (Å²) < 4.78 is 35.2. The number of hydrogen-bond donors (Lipinski definition) is 3. The van der Waals surface area contributed by atoms with Gasteiger partial charge in [0, 0.05) is 25.4 Å². The molecule has 27 heavy (non-hydrogen) atoms. The van der Waals surface area contributed by atoms with Crippen LogP contribution in [-0.4, -0.2) is 87.8 Å². The highest BCUT2D eigenvalue weighted by atomic mass is 32.2. The summed E-state index contributed by atoms with van der Waals surface area (Å²) in [6, 6.07) is 1.11. The van der Waals surface area contributed by atoms with E-state index in [0.29, 0.717) is 0 Å². The fraction of sp³-hybridized carbons (Fsp3) is 0.643. The van der Waals surface area contributed by atoms with Gasteiger partial charge >= 0.3 is 5.69 Å². The van der Waals surface area contributed by atoms with Gasteiger partial charge in [0.25, 0.3) is 10.7 Å². The van der Waals surface area contributed by atoms with Gasteiger partial charge in [-0.15, -0.1) is 0 Å². The van der Waals surface area contributed by atoms with Crippen molar-refractivity contribution in [1.82, 2.24) is 14.5 Å². The summed E-state index contributed by atoms with van der Waals surface area (Å²) in [7, 11) is -3.11. The van der Waals surface area contributed by atoms with Gasteiger partial charge in [-0.1, -0.05) is 0 Å². The van der Waals surface area contributed by atoms with Crippen LogP contribution in [-0.2, 0) is 19.3 Å². The van der Waals surface area contributed by atoms with E-state index in [2.05, 4.69) is 4.98 Å². The molecule has 3 N–H and O–H groups in total. The summed E-state index contributed by atoms with van der Waals surface area (Å²) >= 11 is 5.20. The molecule has 1 aromatic rings. The molecule has 150 valence electrons. The molecule has 2 fully saturated rings. The molecule has 0 aliphatic carbocycles. The molecule has 0 aromatic carbocycles. The first kappa shape index (κ1) is 19.9. The topological polar surface area (TPSA) is 151 Å². The van der Waals surface area contributed by atoms with E-state index in [1.807, 2.05) is 0 Å². The molecule has 3 heterocycles. The zero-order valence-corrected chi connectivity index (χ0v) is 15.7. The third-order valence-electron chi connectivity index (χ3n) is 4.46. The van der Waals surface area contributed by atoms with Gasteiger partial charge in [-0.3, -0.25) is 14.3 Å². The Morgan fingerprint density at radius 2 is 2.04 bits per heavy atom. The van der Waals surface area contributed by atoms with Crippen LogP contribution in [0.1, 0.15) is 6.23 Å². The molecular weight excluding hydrogens is 402 g/mol. The lowest BCUT2D eigenvalue weighted by Crippen LogP contribution is -2.47. The first-order valence-corrected chi connectivity index (χ1v) is 10.4. The molecule has 0 amide bonds. The van der Waals surface area contributed by atoms with Crippen molar-refractivity contribution < 1.29 is 28.1 Å². The molecule has 13 heteroatoms. The Morgan fingerprint density at radius 3 is 2.63 bits per heavy atom. The van der Waals surface area contributed by atoms with Crippen LogP contribution in [0.25, 0.3) is 0 Å². The van der Waals surface area contributed by atoms with Crippen LogP contribution in [0, 0.1) is 0 Å². The molecule has 11 nitrogen and oxygen atoms in total. The summed E-state index contributed by atoms with van der Waals surface area (Å²) in [5.74, 6) is -0.134. The molecule has 3 rings (SSSR count). The second kappa shape index (κ2) is 7.67. The highest BCUT2D eigenvalue weighted by molar-refractivity contribution is 7.91. The lowest BCUT2D eigenvalue weighted by Gasteiger charge is -2.31. The summed E-state index contributed by atoms with van der Waals surface area (Å²) in [4.78, 5) is 26.9. The Bertz CT molecular complexity index is 913. The maximum atomic E-state index is 12.1. The number of aromatic nitrogens is 2. The standard InChI is InChI=1S/C14H19N3O8S2/c18-7-8-10(20)11(12(24-8)17-2-1-9(19)15-13(17)21)25-14(26)16-3-5-27(22,23)6-4-16/h1-2,8,10-12,18,20H,3-7H2,(H,15,19,21)/t8-,10+,11?,12-/m1/s1. The van der Waals surface area contributed by atoms with E-state index in [0.717, 1.165) is 10.6 Å². The maximum absolute atomic E-state index is 12.1. The summed E-state index contributed by atoms with van der Waals surface area (Å²) in [5, 5.41) is 19.7. The van der Waals surface area contributed by atoms with Gasteiger partial charge < -0.3 is 24.6 Å². The number of thiocarbonyl (C=S) groups is 1. The van der Waals surface area contributed by atoms with Gasteiger partial charge in [-0.05, 0) is 12.2 Å². The lowest BCUT2D eigenvalue weighted by atomic mass is 10.1. The Kier molecular flexibility index (Phi) is 5.67. The third-order valence-corrected chi connectivity index (χ3v) is 6.42. The predicted octanol–water partition coefficient (Wildman–Crippen LogP) is -2.81. The van der Waals surface area contributed by atoms with E-state index < -0.39 is 52.2 Å². The maximum Gasteiger partial charge on any atom is 0.330 e. The largest absolute Gasteiger partial charge is 0.460 e. The van der Waals surface area contributed by atoms with Crippen molar-refractivity contribution in [2.45, 2.75) is 24.5 Å². The monoisotopic (exact) mass is 421 g/mol. The SMILES string of the molecule is O=c1ccn([C@@H]2O[C@H](CO)[C@H](O)C2OC(=S)N2CCS(=O)(=O)CC2)c(=O)[nH]1. The summed E-state index contributed by atoms with van der Waals surface area (Å²) in [6.45, 7) is -0.223. The number of aliphatic hydroxyl groups excluding tert-OH is 2. The number of ether oxygens (including phenoxy) is 2. The van der Waals surface area contributed by atoms with Crippen LogP contribution in [0.4, 0.5) is 0 Å². The van der Waals surface area contributed by atoms with Crippen LogP contribution < -0.4 is 11.2 Å². The van der Waals surface area contributed by atoms with Gasteiger partial charge in [0.15, 0.2) is 22.2 Å². The molecule has 2 aliphatic rings. The first-order valence-electron chi connectivity index (χ1n) is 8.14. The van der Waals surface area contributed by atoms with Crippen molar-refractivity contribution in [2.75, 3.05) is 31.2 Å². The van der Waals surface area contributed by atoms with E-state index >= 15 is 0 Å². The van der Waals surface area contributed by atoms with E-state index in [1.165, 1.54) is 6.20 Å². The van der Waals surface area contributed by atoms with Crippen molar-refractivity contribution >= 4 is 27.2 Å². The second-order valence-electron chi connectivity index (χ2n) is 6.24. The number of aromatic amines is 1. The molecule has 1 aromatic heterocycles. The highest BCUT2D eigenvalue weighted by Gasteiger charge is 2.47. The molecule has 0 radical (unpaired) electrons. The fourth-order valence-electron chi connectivity index (χ4n) is 2.93. The number of nitrogens with zero attached hydrogens (tertiary/aromatic N) is 2. The highest BCUT2D eigenvalue weighted by Crippen LogP contribution is 2.31. The number of H-pyrrole nitrogens is 1. The molecule has 0 saturated carbocycles. The van der Waals surface area contributed by atoms with E-state index in [-0.39, 0.29) is 29.8 Å². The number of nitrogens with one attached hydrogen (secondary N) is 1. The van der Waals surface area contributed by atoms with Crippen molar-refractivity contribution in [3.05, 3.63) is 33.1 Å². The van der Waals surface area contributed by atoms with Crippen LogP contribution in [0.2, 0.25) is 0 Å². The van der Waals surface area contributed by atoms with Crippen molar-refractivity contribution in [2.24, 2.45) is 0 Å². The normalized spacial score (nSPS) is 30.2. The molecule has 4 atom stereocenters. The fourth-order valence-corrected chi connectivity index (χ4v) is 4.43. The van der Waals surface area contributed by atoms with Crippen LogP contribution in [0.3, 0.4) is 0 Å². The summed E-state index contributed by atoms with van der Waals surface area (Å²) in [6.07, 6.45) is -3.43. The van der Waals surface area contributed by atoms with Gasteiger partial charge in [0.05, 0.1) is 18.1 Å². The molecule has 0 spiro atoms. The Labute approximate surface area is 159 Å². The van der Waals surface area contributed by atoms with Crippen molar-refractivity contribution in [1.29, 1.82) is 0 Å². The van der Waals surface area contributed by atoms with E-state index in [4.69, 9.17) is 21.7 Å². The number of sulfone groups is 1. The smallest absolute Gasteiger partial charge is 0.330 e. The van der Waals surface area contributed by atoms with Gasteiger partial charge in [-0.2, -0.15) is 0 Å². The third kappa shape index (κ3) is 4.21. The second-order valence-corrected chi connectivity index (χ2v) is 8.90. The quantitative estimate of drug-likeness (QED) is 0.436. The Hall–Kier alpha value is -1.80. The van der Waals surface area contributed by atoms with Crippen molar-refractivity contribution in [3.63, 3.8) is 0 Å². The minimum absolute atomic E-state index is 0.0430. The summed E-state index contributed by atoms with van der Waals surface area (Å²) in [5.41, 5.74) is -1.38. The number of aliphatic hydroxyl groups is 2. The van der Waals surface area contributed by atoms with E-state index in [1.54, 1.807) is 4.90 Å². The molecule has 0 bridgehead atoms. The average molecular weight is 421 g/mol. The Morgan fingerprint density at radius 1 is 1.37 bits per heavy atom. The lowest BCUT2D eigenvalue weighted by molar-refractivity contribution is -0.0543.